The van der Waals surface area contributed by atoms with Crippen LogP contribution in [0, 0.1) is 0 Å². The van der Waals surface area contributed by atoms with Gasteiger partial charge < -0.3 is 10.8 Å². The van der Waals surface area contributed by atoms with E-state index in [1.807, 2.05) is 5.38 Å². The highest BCUT2D eigenvalue weighted by Gasteiger charge is 2.16. The first-order chi connectivity index (χ1) is 8.08. The van der Waals surface area contributed by atoms with E-state index >= 15 is 0 Å². The molecular formula is C10H7ClN2O2S2. The first-order valence-electron chi connectivity index (χ1n) is 4.47. The van der Waals surface area contributed by atoms with Gasteiger partial charge in [0.1, 0.15) is 0 Å². The lowest BCUT2D eigenvalue weighted by molar-refractivity contribution is 0.0693. The molecule has 0 spiro atoms. The van der Waals surface area contributed by atoms with E-state index in [9.17, 15) is 4.79 Å². The van der Waals surface area contributed by atoms with Gasteiger partial charge in [0.05, 0.1) is 10.6 Å². The van der Waals surface area contributed by atoms with E-state index in [1.165, 1.54) is 35.2 Å². The molecule has 1 aromatic heterocycles. The summed E-state index contributed by atoms with van der Waals surface area (Å²) < 4.78 is 0.735. The molecule has 0 saturated heterocycles. The third-order valence-corrected chi connectivity index (χ3v) is 4.33. The number of aromatic carboxylic acids is 1. The second-order valence-corrected chi connectivity index (χ2v) is 5.64. The lowest BCUT2D eigenvalue weighted by Gasteiger charge is -2.07. The first kappa shape index (κ1) is 12.2. The fourth-order valence-corrected chi connectivity index (χ4v) is 3.24. The minimum absolute atomic E-state index is 0.0928. The number of nitrogen functional groups attached to an aromatic ring is 1. The number of thiazole rings is 1. The molecular weight excluding hydrogens is 280 g/mol. The van der Waals surface area contributed by atoms with Crippen LogP contribution in [0.15, 0.2) is 32.9 Å². The van der Waals surface area contributed by atoms with Crippen molar-refractivity contribution in [2.75, 3.05) is 5.73 Å². The summed E-state index contributed by atoms with van der Waals surface area (Å²) in [6.07, 6.45) is 1.65. The third-order valence-electron chi connectivity index (χ3n) is 1.90. The summed E-state index contributed by atoms with van der Waals surface area (Å²) in [5.41, 5.74) is 5.99. The Labute approximate surface area is 110 Å². The zero-order valence-electron chi connectivity index (χ0n) is 8.38. The molecule has 17 heavy (non-hydrogen) atoms. The van der Waals surface area contributed by atoms with Crippen LogP contribution >= 0.6 is 34.7 Å². The highest BCUT2D eigenvalue weighted by atomic mass is 35.5. The maximum Gasteiger partial charge on any atom is 0.336 e. The van der Waals surface area contributed by atoms with Crippen molar-refractivity contribution >= 4 is 46.4 Å². The number of nitrogens with zero attached hydrogens (tertiary/aromatic N) is 1. The number of hydrogen-bond donors (Lipinski definition) is 2. The SMILES string of the molecule is Nc1cc(Cl)c(Sc2nccs2)c(C(=O)O)c1. The predicted molar refractivity (Wildman–Crippen MR) is 69.1 cm³/mol. The molecule has 1 heterocycles. The van der Waals surface area contributed by atoms with E-state index in [1.54, 1.807) is 6.20 Å². The first-order valence-corrected chi connectivity index (χ1v) is 6.55. The van der Waals surface area contributed by atoms with Gasteiger partial charge in [-0.3, -0.25) is 0 Å². The van der Waals surface area contributed by atoms with Gasteiger partial charge in [0.2, 0.25) is 0 Å². The van der Waals surface area contributed by atoms with Crippen molar-refractivity contribution in [1.82, 2.24) is 4.98 Å². The summed E-state index contributed by atoms with van der Waals surface area (Å²) in [4.78, 5) is 15.6. The van der Waals surface area contributed by atoms with Gasteiger partial charge in [0.15, 0.2) is 4.34 Å². The van der Waals surface area contributed by atoms with Crippen LogP contribution in [0.2, 0.25) is 5.02 Å². The maximum atomic E-state index is 11.1. The Bertz CT molecular complexity index is 558. The number of aromatic nitrogens is 1. The van der Waals surface area contributed by atoms with Gasteiger partial charge in [-0.15, -0.1) is 11.3 Å². The number of anilines is 1. The molecule has 2 rings (SSSR count). The van der Waals surface area contributed by atoms with Gasteiger partial charge >= 0.3 is 5.97 Å². The van der Waals surface area contributed by atoms with Crippen LogP contribution in [0.5, 0.6) is 0 Å². The van der Waals surface area contributed by atoms with Gasteiger partial charge in [-0.2, -0.15) is 0 Å². The van der Waals surface area contributed by atoms with Crippen molar-refractivity contribution in [3.63, 3.8) is 0 Å². The Morgan fingerprint density at radius 2 is 2.29 bits per heavy atom. The van der Waals surface area contributed by atoms with E-state index in [2.05, 4.69) is 4.98 Å². The zero-order valence-corrected chi connectivity index (χ0v) is 10.8. The Morgan fingerprint density at radius 3 is 2.88 bits per heavy atom. The molecule has 4 nitrogen and oxygen atoms in total. The lowest BCUT2D eigenvalue weighted by atomic mass is 10.2. The van der Waals surface area contributed by atoms with Gasteiger partial charge in [-0.05, 0) is 12.1 Å². The molecule has 0 bridgehead atoms. The fourth-order valence-electron chi connectivity index (χ4n) is 1.23. The van der Waals surface area contributed by atoms with Gasteiger partial charge in [-0.25, -0.2) is 9.78 Å². The number of hydrogen-bond acceptors (Lipinski definition) is 5. The van der Waals surface area contributed by atoms with Crippen molar-refractivity contribution in [3.05, 3.63) is 34.3 Å². The van der Waals surface area contributed by atoms with Crippen LogP contribution in [-0.4, -0.2) is 16.1 Å². The molecule has 3 N–H and O–H groups in total. The monoisotopic (exact) mass is 286 g/mol. The van der Waals surface area contributed by atoms with Gasteiger partial charge in [0, 0.05) is 22.2 Å². The summed E-state index contributed by atoms with van der Waals surface area (Å²) in [6, 6.07) is 2.92. The summed E-state index contributed by atoms with van der Waals surface area (Å²) in [7, 11) is 0. The predicted octanol–water partition coefficient (Wildman–Crippen LogP) is 3.23. The molecule has 0 radical (unpaired) electrons. The molecule has 0 unspecified atom stereocenters. The minimum Gasteiger partial charge on any atom is -0.478 e. The second kappa shape index (κ2) is 4.95. The Hall–Kier alpha value is -1.24. The quantitative estimate of drug-likeness (QED) is 0.847. The molecule has 0 aliphatic rings. The Kier molecular flexibility index (Phi) is 3.56. The number of carbonyl (C=O) groups is 1. The van der Waals surface area contributed by atoms with Crippen molar-refractivity contribution in [3.8, 4) is 0 Å². The summed E-state index contributed by atoms with van der Waals surface area (Å²) >= 11 is 8.65. The molecule has 0 aliphatic carbocycles. The van der Waals surface area contributed by atoms with E-state index in [0.29, 0.717) is 15.6 Å². The van der Waals surface area contributed by atoms with Crippen LogP contribution in [0.3, 0.4) is 0 Å². The number of benzene rings is 1. The van der Waals surface area contributed by atoms with Crippen LogP contribution in [0.1, 0.15) is 10.4 Å². The molecule has 7 heteroatoms. The standard InChI is InChI=1S/C10H7ClN2O2S2/c11-7-4-5(12)3-6(9(14)15)8(7)17-10-13-1-2-16-10/h1-4H,12H2,(H,14,15). The molecule has 0 saturated carbocycles. The fraction of sp³-hybridized carbons (Fsp3) is 0. The smallest absolute Gasteiger partial charge is 0.336 e. The van der Waals surface area contributed by atoms with Crippen molar-refractivity contribution in [2.24, 2.45) is 0 Å². The van der Waals surface area contributed by atoms with Crippen molar-refractivity contribution in [1.29, 1.82) is 0 Å². The highest BCUT2D eigenvalue weighted by molar-refractivity contribution is 8.01. The molecule has 1 aromatic carbocycles. The highest BCUT2D eigenvalue weighted by Crippen LogP contribution is 2.38. The second-order valence-electron chi connectivity index (χ2n) is 3.08. The summed E-state index contributed by atoms with van der Waals surface area (Å²) in [5.74, 6) is -1.06. The largest absolute Gasteiger partial charge is 0.478 e. The van der Waals surface area contributed by atoms with Crippen LogP contribution in [0.25, 0.3) is 0 Å². The normalized spacial score (nSPS) is 10.4. The Balaban J connectivity index is 2.48. The van der Waals surface area contributed by atoms with E-state index in [-0.39, 0.29) is 5.56 Å². The van der Waals surface area contributed by atoms with Gasteiger partial charge in [-0.1, -0.05) is 23.4 Å². The molecule has 88 valence electrons. The number of nitrogens with two attached hydrogens (primary N) is 1. The van der Waals surface area contributed by atoms with Gasteiger partial charge in [0.25, 0.3) is 0 Å². The van der Waals surface area contributed by atoms with Crippen LogP contribution in [-0.2, 0) is 0 Å². The molecule has 2 aromatic rings. The topological polar surface area (TPSA) is 76.2 Å². The molecule has 0 atom stereocenters. The summed E-state index contributed by atoms with van der Waals surface area (Å²) in [6.45, 7) is 0. The summed E-state index contributed by atoms with van der Waals surface area (Å²) in [5, 5.41) is 11.2. The zero-order chi connectivity index (χ0) is 12.4. The number of carboxylic acids is 1. The van der Waals surface area contributed by atoms with Crippen LogP contribution in [0.4, 0.5) is 5.69 Å². The number of rotatable bonds is 3. The van der Waals surface area contributed by atoms with Crippen LogP contribution < -0.4 is 5.73 Å². The number of carboxylic acid groups (broad SMARTS) is 1. The average Bonchev–Trinajstić information content (AvgIpc) is 2.74. The number of halogens is 1. The average molecular weight is 287 g/mol. The maximum absolute atomic E-state index is 11.1. The minimum atomic E-state index is -1.06. The molecule has 0 aliphatic heterocycles. The lowest BCUT2D eigenvalue weighted by Crippen LogP contribution is -2.01. The third kappa shape index (κ3) is 2.71. The van der Waals surface area contributed by atoms with E-state index < -0.39 is 5.97 Å². The van der Waals surface area contributed by atoms with E-state index in [0.717, 1.165) is 4.34 Å². The Morgan fingerprint density at radius 1 is 1.53 bits per heavy atom. The molecule has 0 amide bonds. The van der Waals surface area contributed by atoms with E-state index in [4.69, 9.17) is 22.4 Å². The van der Waals surface area contributed by atoms with Crippen molar-refractivity contribution < 1.29 is 9.90 Å². The van der Waals surface area contributed by atoms with Crippen molar-refractivity contribution in [2.45, 2.75) is 9.24 Å². The molecule has 0 fully saturated rings.